The number of thioether (sulfide) groups is 1. The van der Waals surface area contributed by atoms with E-state index in [-0.39, 0.29) is 11.4 Å². The number of amides is 1. The van der Waals surface area contributed by atoms with Gasteiger partial charge in [0.1, 0.15) is 0 Å². The van der Waals surface area contributed by atoms with Gasteiger partial charge in [-0.1, -0.05) is 0 Å². The van der Waals surface area contributed by atoms with Crippen LogP contribution in [0.2, 0.25) is 0 Å². The van der Waals surface area contributed by atoms with Gasteiger partial charge in [-0.2, -0.15) is 11.8 Å². The molecule has 3 nitrogen and oxygen atoms in total. The summed E-state index contributed by atoms with van der Waals surface area (Å²) in [6.07, 6.45) is 1.71. The second-order valence-corrected chi connectivity index (χ2v) is 6.20. The van der Waals surface area contributed by atoms with Gasteiger partial charge in [0.05, 0.1) is 0 Å². The lowest BCUT2D eigenvalue weighted by Crippen LogP contribution is -2.40. The van der Waals surface area contributed by atoms with Crippen molar-refractivity contribution in [2.45, 2.75) is 45.2 Å². The lowest BCUT2D eigenvalue weighted by Gasteiger charge is -2.20. The van der Waals surface area contributed by atoms with Gasteiger partial charge in [-0.15, -0.1) is 0 Å². The van der Waals surface area contributed by atoms with Crippen molar-refractivity contribution in [2.24, 2.45) is 0 Å². The van der Waals surface area contributed by atoms with Crippen molar-refractivity contribution in [2.75, 3.05) is 18.1 Å². The summed E-state index contributed by atoms with van der Waals surface area (Å²) in [6, 6.07) is 0.414. The predicted octanol–water partition coefficient (Wildman–Crippen LogP) is 1.39. The Balaban J connectivity index is 2.08. The zero-order chi connectivity index (χ0) is 11.3. The van der Waals surface area contributed by atoms with E-state index in [4.69, 9.17) is 0 Å². The van der Waals surface area contributed by atoms with Crippen molar-refractivity contribution in [1.29, 1.82) is 0 Å². The van der Waals surface area contributed by atoms with Crippen LogP contribution in [0.15, 0.2) is 0 Å². The first-order valence-corrected chi connectivity index (χ1v) is 6.75. The molecule has 88 valence electrons. The molecule has 1 amide bonds. The lowest BCUT2D eigenvalue weighted by atomic mass is 10.1. The van der Waals surface area contributed by atoms with E-state index in [0.29, 0.717) is 12.5 Å². The SMILES string of the molecule is CC(C)(C)NCCC(=O)NC1CCSC1. The van der Waals surface area contributed by atoms with Crippen LogP contribution in [0.4, 0.5) is 0 Å². The molecule has 2 N–H and O–H groups in total. The molecule has 1 aliphatic rings. The zero-order valence-electron chi connectivity index (χ0n) is 9.93. The summed E-state index contributed by atoms with van der Waals surface area (Å²) in [4.78, 5) is 11.5. The minimum absolute atomic E-state index is 0.101. The van der Waals surface area contributed by atoms with Gasteiger partial charge in [0, 0.05) is 30.3 Å². The summed E-state index contributed by atoms with van der Waals surface area (Å²) >= 11 is 1.92. The third-order valence-electron chi connectivity index (χ3n) is 2.30. The number of hydrogen-bond donors (Lipinski definition) is 2. The minimum atomic E-state index is 0.101. The predicted molar refractivity (Wildman–Crippen MR) is 66.2 cm³/mol. The maximum absolute atomic E-state index is 11.5. The molecule has 0 radical (unpaired) electrons. The monoisotopic (exact) mass is 230 g/mol. The van der Waals surface area contributed by atoms with E-state index in [0.717, 1.165) is 18.7 Å². The topological polar surface area (TPSA) is 41.1 Å². The highest BCUT2D eigenvalue weighted by Gasteiger charge is 2.17. The summed E-state index contributed by atoms with van der Waals surface area (Å²) in [6.45, 7) is 7.09. The van der Waals surface area contributed by atoms with Gasteiger partial charge < -0.3 is 10.6 Å². The molecular weight excluding hydrogens is 208 g/mol. The van der Waals surface area contributed by atoms with Gasteiger partial charge in [0.25, 0.3) is 0 Å². The Labute approximate surface area is 96.8 Å². The van der Waals surface area contributed by atoms with Crippen LogP contribution < -0.4 is 10.6 Å². The quantitative estimate of drug-likeness (QED) is 0.767. The molecule has 0 aromatic carbocycles. The molecule has 4 heteroatoms. The van der Waals surface area contributed by atoms with Gasteiger partial charge in [-0.25, -0.2) is 0 Å². The number of rotatable bonds is 4. The largest absolute Gasteiger partial charge is 0.352 e. The van der Waals surface area contributed by atoms with E-state index in [1.54, 1.807) is 0 Å². The molecule has 1 heterocycles. The van der Waals surface area contributed by atoms with Gasteiger partial charge in [0.15, 0.2) is 0 Å². The standard InChI is InChI=1S/C11H22N2OS/c1-11(2,3)12-6-4-10(14)13-9-5-7-15-8-9/h9,12H,4-8H2,1-3H3,(H,13,14). The summed E-state index contributed by atoms with van der Waals surface area (Å²) in [5, 5.41) is 6.38. The average molecular weight is 230 g/mol. The van der Waals surface area contributed by atoms with E-state index in [9.17, 15) is 4.79 Å². The molecule has 0 saturated carbocycles. The Morgan fingerprint density at radius 2 is 2.20 bits per heavy atom. The Bertz CT molecular complexity index is 207. The Morgan fingerprint density at radius 3 is 2.73 bits per heavy atom. The Morgan fingerprint density at radius 1 is 1.47 bits per heavy atom. The van der Waals surface area contributed by atoms with E-state index in [1.807, 2.05) is 11.8 Å². The number of carbonyl (C=O) groups excluding carboxylic acids is 1. The van der Waals surface area contributed by atoms with Crippen LogP contribution in [0.5, 0.6) is 0 Å². The number of hydrogen-bond acceptors (Lipinski definition) is 3. The molecular formula is C11H22N2OS. The fourth-order valence-electron chi connectivity index (χ4n) is 1.50. The van der Waals surface area contributed by atoms with Crippen LogP contribution >= 0.6 is 11.8 Å². The van der Waals surface area contributed by atoms with Crippen LogP contribution in [-0.2, 0) is 4.79 Å². The van der Waals surface area contributed by atoms with E-state index < -0.39 is 0 Å². The summed E-state index contributed by atoms with van der Waals surface area (Å²) in [5.41, 5.74) is 0.101. The van der Waals surface area contributed by atoms with Gasteiger partial charge >= 0.3 is 0 Å². The maximum Gasteiger partial charge on any atom is 0.221 e. The first-order valence-electron chi connectivity index (χ1n) is 5.59. The molecule has 1 aliphatic heterocycles. The lowest BCUT2D eigenvalue weighted by molar-refractivity contribution is -0.121. The highest BCUT2D eigenvalue weighted by Crippen LogP contribution is 2.16. The van der Waals surface area contributed by atoms with Gasteiger partial charge in [-0.3, -0.25) is 4.79 Å². The van der Waals surface area contributed by atoms with Crippen LogP contribution in [0.25, 0.3) is 0 Å². The summed E-state index contributed by atoms with van der Waals surface area (Å²) in [5.74, 6) is 2.45. The van der Waals surface area contributed by atoms with Crippen LogP contribution in [0.1, 0.15) is 33.6 Å². The summed E-state index contributed by atoms with van der Waals surface area (Å²) < 4.78 is 0. The Hall–Kier alpha value is -0.220. The second-order valence-electron chi connectivity index (χ2n) is 5.05. The molecule has 1 fully saturated rings. The van der Waals surface area contributed by atoms with Crippen molar-refractivity contribution in [1.82, 2.24) is 10.6 Å². The van der Waals surface area contributed by atoms with Gasteiger partial charge in [-0.05, 0) is 32.9 Å². The van der Waals surface area contributed by atoms with Crippen molar-refractivity contribution in [3.63, 3.8) is 0 Å². The molecule has 0 bridgehead atoms. The van der Waals surface area contributed by atoms with Crippen molar-refractivity contribution in [3.8, 4) is 0 Å². The summed E-state index contributed by atoms with van der Waals surface area (Å²) in [7, 11) is 0. The average Bonchev–Trinajstić information content (AvgIpc) is 2.54. The Kier molecular flexibility index (Phi) is 4.93. The molecule has 15 heavy (non-hydrogen) atoms. The van der Waals surface area contributed by atoms with Crippen LogP contribution in [0, 0.1) is 0 Å². The van der Waals surface area contributed by atoms with E-state index >= 15 is 0 Å². The molecule has 0 aliphatic carbocycles. The van der Waals surface area contributed by atoms with Gasteiger partial charge in [0.2, 0.25) is 5.91 Å². The number of carbonyl (C=O) groups is 1. The first-order chi connectivity index (χ1) is 6.97. The first kappa shape index (κ1) is 12.8. The molecule has 1 atom stereocenters. The fourth-order valence-corrected chi connectivity index (χ4v) is 2.65. The second kappa shape index (κ2) is 5.75. The van der Waals surface area contributed by atoms with Crippen molar-refractivity contribution < 1.29 is 4.79 Å². The van der Waals surface area contributed by atoms with E-state index in [2.05, 4.69) is 31.4 Å². The van der Waals surface area contributed by atoms with Crippen molar-refractivity contribution in [3.05, 3.63) is 0 Å². The highest BCUT2D eigenvalue weighted by molar-refractivity contribution is 7.99. The normalized spacial score (nSPS) is 21.7. The molecule has 0 aromatic heterocycles. The number of nitrogens with one attached hydrogen (secondary N) is 2. The smallest absolute Gasteiger partial charge is 0.221 e. The maximum atomic E-state index is 11.5. The highest BCUT2D eigenvalue weighted by atomic mass is 32.2. The van der Waals surface area contributed by atoms with Crippen molar-refractivity contribution >= 4 is 17.7 Å². The third-order valence-corrected chi connectivity index (χ3v) is 3.46. The molecule has 1 saturated heterocycles. The fraction of sp³-hybridized carbons (Fsp3) is 0.909. The third kappa shape index (κ3) is 6.05. The zero-order valence-corrected chi connectivity index (χ0v) is 10.7. The van der Waals surface area contributed by atoms with Crippen LogP contribution in [-0.4, -0.2) is 35.5 Å². The van der Waals surface area contributed by atoms with Crippen LogP contribution in [0.3, 0.4) is 0 Å². The molecule has 1 rings (SSSR count). The molecule has 1 unspecified atom stereocenters. The van der Waals surface area contributed by atoms with E-state index in [1.165, 1.54) is 5.75 Å². The minimum Gasteiger partial charge on any atom is -0.352 e. The molecule has 0 aromatic rings. The molecule has 0 spiro atoms.